The fourth-order valence-electron chi connectivity index (χ4n) is 19.0. The normalized spacial score (nSPS) is 24.2. The topological polar surface area (TPSA) is 311 Å². The minimum Gasteiger partial charge on any atom is -0.462 e. The van der Waals surface area contributed by atoms with Gasteiger partial charge in [-0.15, -0.1) is 6.42 Å². The average molecular weight is 1830 g/mol. The second-order valence-electron chi connectivity index (χ2n) is 41.2. The number of benzene rings is 6. The minimum absolute atomic E-state index is 0.0926. The van der Waals surface area contributed by atoms with E-state index in [0.29, 0.717) is 67.1 Å². The number of H-pyrrole nitrogens is 6. The van der Waals surface area contributed by atoms with Crippen LogP contribution in [-0.4, -0.2) is 153 Å². The van der Waals surface area contributed by atoms with Crippen LogP contribution in [0.4, 0.5) is 14.4 Å². The van der Waals surface area contributed by atoms with Crippen molar-refractivity contribution in [1.82, 2.24) is 85.1 Å². The third kappa shape index (κ3) is 22.3. The number of halogens is 1. The zero-order chi connectivity index (χ0) is 92.1. The molecule has 12 aromatic rings. The Kier molecular flexibility index (Phi) is 25.7. The summed E-state index contributed by atoms with van der Waals surface area (Å²) in [5.74, 6) is 25.5. The maximum atomic E-state index is 13.0. The molecule has 0 spiro atoms. The lowest BCUT2D eigenvalue weighted by Gasteiger charge is -2.29. The van der Waals surface area contributed by atoms with Crippen LogP contribution in [0.25, 0.3) is 66.1 Å². The Bertz CT molecular complexity index is 6370. The van der Waals surface area contributed by atoms with Crippen LogP contribution in [0.2, 0.25) is 0 Å². The molecular formula is C105H120BrN17O8. The van der Waals surface area contributed by atoms with Gasteiger partial charge in [0.1, 0.15) is 74.4 Å². The molecule has 0 bridgehead atoms. The molecule has 9 fully saturated rings. The van der Waals surface area contributed by atoms with Gasteiger partial charge in [0.15, 0.2) is 0 Å². The molecule has 15 atom stereocenters. The number of aromatic amines is 6. The number of ether oxygens (including phenoxy) is 4. The first-order chi connectivity index (χ1) is 62.5. The van der Waals surface area contributed by atoms with Crippen molar-refractivity contribution in [2.75, 3.05) is 13.1 Å². The van der Waals surface area contributed by atoms with Gasteiger partial charge in [-0.3, -0.25) is 19.5 Å². The highest BCUT2D eigenvalue weighted by Crippen LogP contribution is 2.54. The highest BCUT2D eigenvalue weighted by Gasteiger charge is 2.56. The van der Waals surface area contributed by atoms with Gasteiger partial charge < -0.3 is 59.5 Å². The summed E-state index contributed by atoms with van der Waals surface area (Å²) in [6, 6.07) is 40.2. The zero-order valence-electron chi connectivity index (χ0n) is 77.5. The number of rotatable bonds is 10. The van der Waals surface area contributed by atoms with Crippen molar-refractivity contribution in [1.29, 1.82) is 0 Å². The molecule has 3 amide bonds. The van der Waals surface area contributed by atoms with Crippen LogP contribution < -0.4 is 10.6 Å². The quantitative estimate of drug-likeness (QED) is 0.0358. The van der Waals surface area contributed by atoms with Crippen LogP contribution in [0.1, 0.15) is 274 Å². The second-order valence-corrected chi connectivity index (χ2v) is 42.1. The van der Waals surface area contributed by atoms with Crippen molar-refractivity contribution in [3.63, 3.8) is 0 Å². The summed E-state index contributed by atoms with van der Waals surface area (Å²) < 4.78 is 22.6. The van der Waals surface area contributed by atoms with Crippen molar-refractivity contribution >= 4 is 73.0 Å². The van der Waals surface area contributed by atoms with Gasteiger partial charge in [-0.1, -0.05) is 109 Å². The lowest BCUT2D eigenvalue weighted by atomic mass is 10.0. The highest BCUT2D eigenvalue weighted by atomic mass is 79.9. The summed E-state index contributed by atoms with van der Waals surface area (Å²) in [6.07, 6.45) is 27.9. The van der Waals surface area contributed by atoms with Crippen LogP contribution >= 0.6 is 15.9 Å². The molecule has 5 aliphatic heterocycles. The van der Waals surface area contributed by atoms with Crippen LogP contribution in [0.15, 0.2) is 151 Å². The zero-order valence-corrected chi connectivity index (χ0v) is 79.1. The minimum atomic E-state index is -0.552. The molecule has 11 heterocycles. The van der Waals surface area contributed by atoms with E-state index in [1.165, 1.54) is 72.1 Å². The number of nitrogens with one attached hydrogen (secondary N) is 8. The van der Waals surface area contributed by atoms with Gasteiger partial charge >= 0.3 is 18.3 Å². The first-order valence-electron chi connectivity index (χ1n) is 46.2. The monoisotopic (exact) mass is 1830 g/mol. The number of imidazole rings is 6. The van der Waals surface area contributed by atoms with Crippen LogP contribution in [0, 0.1) is 71.5 Å². The molecule has 0 radical (unpaired) electrons. The second kappa shape index (κ2) is 37.2. The molecule has 26 heteroatoms. The molecule has 21 rings (SSSR count). The van der Waals surface area contributed by atoms with Crippen molar-refractivity contribution in [2.24, 2.45) is 35.5 Å². The lowest BCUT2D eigenvalue weighted by Crippen LogP contribution is -2.38. The van der Waals surface area contributed by atoms with Crippen LogP contribution in [-0.2, 0) is 23.7 Å². The van der Waals surface area contributed by atoms with E-state index < -0.39 is 16.8 Å². The molecular weight excluding hydrogens is 1710 g/mol. The molecule has 9 aliphatic rings. The Morgan fingerprint density at radius 2 is 0.824 bits per heavy atom. The lowest BCUT2D eigenvalue weighted by molar-refractivity contribution is -0.138. The molecule has 6 aromatic carbocycles. The molecule has 131 heavy (non-hydrogen) atoms. The average Bonchev–Trinajstić information content (AvgIpc) is 1.56. The first-order valence-corrected chi connectivity index (χ1v) is 47.0. The molecule has 6 aromatic heterocycles. The third-order valence-electron chi connectivity index (χ3n) is 25.7. The molecule has 8 N–H and O–H groups in total. The van der Waals surface area contributed by atoms with Crippen molar-refractivity contribution in [3.05, 3.63) is 214 Å². The van der Waals surface area contributed by atoms with E-state index in [9.17, 15) is 19.2 Å². The summed E-state index contributed by atoms with van der Waals surface area (Å²) in [6.45, 7) is 30.9. The summed E-state index contributed by atoms with van der Waals surface area (Å²) >= 11 is 3.52. The van der Waals surface area contributed by atoms with Gasteiger partial charge in [-0.25, -0.2) is 44.3 Å². The summed E-state index contributed by atoms with van der Waals surface area (Å²) in [5.41, 5.74) is 8.57. The first kappa shape index (κ1) is 90.6. The number of hydrogen-bond acceptors (Lipinski definition) is 16. The number of terminal acetylenes is 1. The Labute approximate surface area is 775 Å². The number of fused-ring (bicyclic) bond motifs is 6. The van der Waals surface area contributed by atoms with Gasteiger partial charge in [0.05, 0.1) is 84.5 Å². The fraction of sp³-hybridized carbons (Fsp3) is 0.448. The molecule has 4 aliphatic carbocycles. The number of hydrogen-bond donors (Lipinski definition) is 8. The Balaban J connectivity index is 0.000000127. The van der Waals surface area contributed by atoms with Gasteiger partial charge in [-0.2, -0.15) is 0 Å². The Morgan fingerprint density at radius 3 is 1.26 bits per heavy atom. The molecule has 0 unspecified atom stereocenters. The highest BCUT2D eigenvalue weighted by molar-refractivity contribution is 9.10. The number of carbonyl (C=O) groups excluding carboxylic acids is 4. The van der Waals surface area contributed by atoms with E-state index in [1.54, 1.807) is 22.2 Å². The van der Waals surface area contributed by atoms with E-state index in [-0.39, 0.29) is 48.0 Å². The Morgan fingerprint density at radius 1 is 0.412 bits per heavy atom. The smallest absolute Gasteiger partial charge is 0.411 e. The molecule has 5 saturated heterocycles. The number of amides is 3. The van der Waals surface area contributed by atoms with Gasteiger partial charge in [0.25, 0.3) is 6.47 Å². The summed E-state index contributed by atoms with van der Waals surface area (Å²) in [5, 5.41) is 14.1. The molecule has 25 nitrogen and oxygen atoms in total. The maximum absolute atomic E-state index is 13.0. The summed E-state index contributed by atoms with van der Waals surface area (Å²) in [7, 11) is 0. The number of nitrogens with zero attached hydrogens (tertiary/aromatic N) is 9. The largest absolute Gasteiger partial charge is 0.462 e. The van der Waals surface area contributed by atoms with E-state index in [1.807, 2.05) is 125 Å². The van der Waals surface area contributed by atoms with Crippen molar-refractivity contribution in [2.45, 2.75) is 251 Å². The van der Waals surface area contributed by atoms with Crippen molar-refractivity contribution in [3.8, 4) is 69.8 Å². The Hall–Kier alpha value is -12.3. The van der Waals surface area contributed by atoms with Gasteiger partial charge in [-0.05, 0) is 288 Å². The van der Waals surface area contributed by atoms with Gasteiger partial charge in [0.2, 0.25) is 0 Å². The standard InChI is InChI=1S/C38H44N6O4.C29H29N5.C23H26BrN3O2.C10H11N3.C5H10O2/c1-22-14-31(43(21-22)35(45)47-37(2,3)4)33-40-20-29(42-33)26-12-11-24-15-23(8-10-25(24)16-26)9-13-28-19-39-34(41-28)32-18-27-17-30(27)44(32)36(46)48-38(5,6)7;1-17-2-5-22(10-17)28-31-16-27(34-28)21-8-7-19-11-18(3-6-20(19)12-21)4-9-24-15-30-29(32-24)26-14-23-13-25(23)33-26;1-14-9-20(27(13-14)22(28)29-23(2,3)4)21-25-12-19(26-21)17-6-5-16-11-18(24)8-7-15(16)10-17;1-2-7-5-11-10(12-7)9-4-6-3-8(6)13-9;1-5(2,3)7-4-6/h8,10-12,15-16,19-20,22,27,30-32H,14,17-18,21H2,1-7H3,(H,39,41)(H,40,42);3,6-8,11-12,15-17,22-23,25-26,33H,2,5,10,13-14H2,1H3,(H,30,32)(H,31,34);5-8,10-12,14,20H,9,13H2,1-4H3,(H,25,26);1,5-6,8-9,13H,3-4H2,(H,11,12);4H,1-3H3/t22-,27+,30+,31-,32-;17-,22+,23-,25-,26+;14-,20-;6-,8-,9+;/m0101./s1. The maximum Gasteiger partial charge on any atom is 0.411 e. The van der Waals surface area contributed by atoms with E-state index in [2.05, 4.69) is 234 Å². The number of aromatic nitrogens is 12. The van der Waals surface area contributed by atoms with Crippen LogP contribution in [0.5, 0.6) is 0 Å². The predicted molar refractivity (Wildman–Crippen MR) is 512 cm³/mol. The number of likely N-dealkylation sites (tertiary alicyclic amines) is 3. The van der Waals surface area contributed by atoms with E-state index in [0.717, 1.165) is 150 Å². The number of piperidine rings is 3. The number of carbonyl (C=O) groups is 4. The third-order valence-corrected chi connectivity index (χ3v) is 26.1. The molecule has 680 valence electrons. The van der Waals surface area contributed by atoms with Gasteiger partial charge in [0, 0.05) is 69.4 Å². The van der Waals surface area contributed by atoms with Crippen LogP contribution in [0.3, 0.4) is 0 Å². The van der Waals surface area contributed by atoms with Crippen molar-refractivity contribution < 1.29 is 38.1 Å². The van der Waals surface area contributed by atoms with E-state index in [4.69, 9.17) is 25.6 Å². The summed E-state index contributed by atoms with van der Waals surface area (Å²) in [4.78, 5) is 101. The molecule has 4 saturated carbocycles. The fourth-order valence-corrected chi connectivity index (χ4v) is 19.4. The van der Waals surface area contributed by atoms with E-state index >= 15 is 0 Å². The predicted octanol–water partition coefficient (Wildman–Crippen LogP) is 21.5. The SMILES string of the molecule is C#Cc1cnc([C@@H]2C[C@H]3C[C@H]3N2)[nH]1.CC(C)(C)OC=O.C[C@@H]1CC[C@H](c2ncc(-c3ccc4cc(C#Cc5cnc([C@@H]6C[C@H]7C[C@H]7N6)[nH]5)ccc4c3)[nH]2)C1.C[C@H]1C[C@@H](c2ncc(-c3ccc4cc(Br)ccc4c3)[nH]2)N(C(=O)OC(C)(C)C)C1.C[C@H]1C[C@@H](c2ncc(-c3ccc4cc(C#Cc5cnc([C@@H]6C[C@H]7C[C@H]7N6C(=O)OC(C)(C)C)[nH]5)ccc4c3)[nH]2)N(C(=O)OC(C)(C)C)C1.